The number of ether oxygens (including phenoxy) is 1. The fourth-order valence-electron chi connectivity index (χ4n) is 2.34. The Morgan fingerprint density at radius 2 is 2.39 bits per heavy atom. The van der Waals surface area contributed by atoms with Crippen molar-refractivity contribution in [2.45, 2.75) is 6.42 Å². The predicted octanol–water partition coefficient (Wildman–Crippen LogP) is 2.45. The Morgan fingerprint density at radius 3 is 3.00 bits per heavy atom. The topological polar surface area (TPSA) is 38.5 Å². The van der Waals surface area contributed by atoms with Crippen LogP contribution in [-0.4, -0.2) is 31.8 Å². The fraction of sp³-hybridized carbons (Fsp3) is 0.462. The summed E-state index contributed by atoms with van der Waals surface area (Å²) in [7, 11) is 1.74. The summed E-state index contributed by atoms with van der Waals surface area (Å²) in [5.41, 5.74) is 7.45. The standard InChI is InChI=1S/C13H17ClN2OS/c1-17-8-9-4-5-16(7-9)12-3-2-10(13(15)18)6-11(12)14/h2-3,6,9H,4-5,7-8H2,1H3,(H2,15,18). The molecule has 2 N–H and O–H groups in total. The van der Waals surface area contributed by atoms with E-state index in [-0.39, 0.29) is 0 Å². The van der Waals surface area contributed by atoms with Crippen LogP contribution in [0.2, 0.25) is 5.02 Å². The number of halogens is 1. The molecule has 0 radical (unpaired) electrons. The van der Waals surface area contributed by atoms with Crippen LogP contribution in [0.5, 0.6) is 0 Å². The second kappa shape index (κ2) is 5.87. The van der Waals surface area contributed by atoms with Gasteiger partial charge in [-0.25, -0.2) is 0 Å². The van der Waals surface area contributed by atoms with E-state index in [4.69, 9.17) is 34.3 Å². The van der Waals surface area contributed by atoms with Gasteiger partial charge in [0, 0.05) is 31.7 Å². The van der Waals surface area contributed by atoms with Gasteiger partial charge in [-0.2, -0.15) is 0 Å². The summed E-state index contributed by atoms with van der Waals surface area (Å²) in [4.78, 5) is 2.66. The predicted molar refractivity (Wildman–Crippen MR) is 79.5 cm³/mol. The molecule has 0 aromatic heterocycles. The normalized spacial score (nSPS) is 19.2. The molecule has 98 valence electrons. The van der Waals surface area contributed by atoms with E-state index in [2.05, 4.69) is 4.90 Å². The molecule has 3 nitrogen and oxygen atoms in total. The van der Waals surface area contributed by atoms with E-state index in [0.717, 1.165) is 37.4 Å². The summed E-state index contributed by atoms with van der Waals surface area (Å²) in [5, 5.41) is 0.707. The Balaban J connectivity index is 2.12. The lowest BCUT2D eigenvalue weighted by Gasteiger charge is -2.20. The van der Waals surface area contributed by atoms with Gasteiger partial charge in [0.05, 0.1) is 17.3 Å². The van der Waals surface area contributed by atoms with Crippen molar-refractivity contribution in [1.82, 2.24) is 0 Å². The molecule has 18 heavy (non-hydrogen) atoms. The van der Waals surface area contributed by atoms with Gasteiger partial charge >= 0.3 is 0 Å². The smallest absolute Gasteiger partial charge is 0.104 e. The highest BCUT2D eigenvalue weighted by atomic mass is 35.5. The molecular formula is C13H17ClN2OS. The molecule has 1 heterocycles. The number of anilines is 1. The van der Waals surface area contributed by atoms with Gasteiger partial charge in [-0.15, -0.1) is 0 Å². The van der Waals surface area contributed by atoms with E-state index in [1.165, 1.54) is 0 Å². The van der Waals surface area contributed by atoms with E-state index in [9.17, 15) is 0 Å². The van der Waals surface area contributed by atoms with Crippen molar-refractivity contribution in [2.24, 2.45) is 11.7 Å². The molecule has 1 atom stereocenters. The minimum atomic E-state index is 0.377. The van der Waals surface area contributed by atoms with Crippen LogP contribution in [0.3, 0.4) is 0 Å². The molecular weight excluding hydrogens is 268 g/mol. The molecule has 1 saturated heterocycles. The molecule has 0 bridgehead atoms. The first-order valence-corrected chi connectivity index (χ1v) is 6.73. The van der Waals surface area contributed by atoms with Gasteiger partial charge in [0.2, 0.25) is 0 Å². The maximum absolute atomic E-state index is 6.29. The van der Waals surface area contributed by atoms with E-state index < -0.39 is 0 Å². The highest BCUT2D eigenvalue weighted by molar-refractivity contribution is 7.80. The molecule has 0 spiro atoms. The molecule has 1 unspecified atom stereocenters. The number of rotatable bonds is 4. The first-order chi connectivity index (χ1) is 8.61. The number of thiocarbonyl (C=S) groups is 1. The van der Waals surface area contributed by atoms with Crippen LogP contribution >= 0.6 is 23.8 Å². The number of methoxy groups -OCH3 is 1. The molecule has 1 aliphatic heterocycles. The van der Waals surface area contributed by atoms with E-state index in [0.29, 0.717) is 15.9 Å². The highest BCUT2D eigenvalue weighted by Crippen LogP contribution is 2.31. The lowest BCUT2D eigenvalue weighted by molar-refractivity contribution is 0.161. The highest BCUT2D eigenvalue weighted by Gasteiger charge is 2.23. The first kappa shape index (κ1) is 13.6. The van der Waals surface area contributed by atoms with Crippen LogP contribution in [-0.2, 0) is 4.74 Å². The average molecular weight is 285 g/mol. The molecule has 2 rings (SSSR count). The Morgan fingerprint density at radius 1 is 1.61 bits per heavy atom. The van der Waals surface area contributed by atoms with Gasteiger partial charge in [-0.3, -0.25) is 0 Å². The maximum Gasteiger partial charge on any atom is 0.104 e. The van der Waals surface area contributed by atoms with Crippen molar-refractivity contribution in [3.63, 3.8) is 0 Å². The molecule has 1 fully saturated rings. The molecule has 0 amide bonds. The minimum Gasteiger partial charge on any atom is -0.389 e. The van der Waals surface area contributed by atoms with Crippen molar-refractivity contribution in [3.05, 3.63) is 28.8 Å². The number of nitrogens with zero attached hydrogens (tertiary/aromatic N) is 1. The Hall–Kier alpha value is -0.840. The van der Waals surface area contributed by atoms with Crippen LogP contribution in [0.15, 0.2) is 18.2 Å². The largest absolute Gasteiger partial charge is 0.389 e. The number of hydrogen-bond acceptors (Lipinski definition) is 3. The zero-order chi connectivity index (χ0) is 13.1. The summed E-state index contributed by atoms with van der Waals surface area (Å²) < 4.78 is 5.20. The van der Waals surface area contributed by atoms with Crippen molar-refractivity contribution < 1.29 is 4.74 Å². The second-order valence-corrected chi connectivity index (χ2v) is 5.43. The van der Waals surface area contributed by atoms with Crippen LogP contribution in [0.1, 0.15) is 12.0 Å². The summed E-state index contributed by atoms with van der Waals surface area (Å²) in [6.07, 6.45) is 1.14. The maximum atomic E-state index is 6.29. The van der Waals surface area contributed by atoms with Crippen molar-refractivity contribution in [1.29, 1.82) is 0 Å². The third kappa shape index (κ3) is 2.94. The van der Waals surface area contributed by atoms with Gasteiger partial charge in [0.15, 0.2) is 0 Å². The number of hydrogen-bond donors (Lipinski definition) is 1. The fourth-order valence-corrected chi connectivity index (χ4v) is 2.77. The molecule has 5 heteroatoms. The van der Waals surface area contributed by atoms with Gasteiger partial charge in [-0.1, -0.05) is 23.8 Å². The van der Waals surface area contributed by atoms with Gasteiger partial charge in [-0.05, 0) is 24.6 Å². The summed E-state index contributed by atoms with van der Waals surface area (Å²) in [6.45, 7) is 2.80. The Kier molecular flexibility index (Phi) is 4.43. The van der Waals surface area contributed by atoms with E-state index in [1.54, 1.807) is 7.11 Å². The average Bonchev–Trinajstić information content (AvgIpc) is 2.77. The van der Waals surface area contributed by atoms with E-state index >= 15 is 0 Å². The van der Waals surface area contributed by atoms with Crippen LogP contribution in [0.4, 0.5) is 5.69 Å². The minimum absolute atomic E-state index is 0.377. The van der Waals surface area contributed by atoms with Crippen LogP contribution in [0, 0.1) is 5.92 Å². The molecule has 1 aromatic rings. The molecule has 1 aromatic carbocycles. The quantitative estimate of drug-likeness (QED) is 0.862. The van der Waals surface area contributed by atoms with Crippen molar-refractivity contribution >= 4 is 34.5 Å². The zero-order valence-corrected chi connectivity index (χ0v) is 11.9. The first-order valence-electron chi connectivity index (χ1n) is 5.95. The molecule has 0 saturated carbocycles. The lowest BCUT2D eigenvalue weighted by atomic mass is 10.1. The Labute approximate surface area is 118 Å². The third-order valence-corrected chi connectivity index (χ3v) is 3.80. The van der Waals surface area contributed by atoms with Crippen molar-refractivity contribution in [2.75, 3.05) is 31.7 Å². The summed E-state index contributed by atoms with van der Waals surface area (Å²) in [6, 6.07) is 5.75. The SMILES string of the molecule is COCC1CCN(c2ccc(C(N)=S)cc2Cl)C1. The Bertz CT molecular complexity index is 453. The van der Waals surface area contributed by atoms with Crippen LogP contribution < -0.4 is 10.6 Å². The number of benzene rings is 1. The van der Waals surface area contributed by atoms with Crippen molar-refractivity contribution in [3.8, 4) is 0 Å². The second-order valence-electron chi connectivity index (χ2n) is 4.59. The van der Waals surface area contributed by atoms with Gasteiger partial charge in [0.25, 0.3) is 0 Å². The summed E-state index contributed by atoms with van der Waals surface area (Å²) in [5.74, 6) is 0.585. The zero-order valence-electron chi connectivity index (χ0n) is 10.4. The molecule has 1 aliphatic rings. The van der Waals surface area contributed by atoms with E-state index in [1.807, 2.05) is 18.2 Å². The van der Waals surface area contributed by atoms with Gasteiger partial charge < -0.3 is 15.4 Å². The van der Waals surface area contributed by atoms with Crippen LogP contribution in [0.25, 0.3) is 0 Å². The molecule has 0 aliphatic carbocycles. The number of nitrogens with two attached hydrogens (primary N) is 1. The summed E-state index contributed by atoms with van der Waals surface area (Å²) >= 11 is 11.2. The monoisotopic (exact) mass is 284 g/mol. The lowest BCUT2D eigenvalue weighted by Crippen LogP contribution is -2.21. The third-order valence-electron chi connectivity index (χ3n) is 3.26. The van der Waals surface area contributed by atoms with Gasteiger partial charge in [0.1, 0.15) is 4.99 Å².